The summed E-state index contributed by atoms with van der Waals surface area (Å²) in [5, 5.41) is 5.83. The third-order valence-corrected chi connectivity index (χ3v) is 4.60. The van der Waals surface area contributed by atoms with Crippen LogP contribution in [0.25, 0.3) is 0 Å². The van der Waals surface area contributed by atoms with Crippen LogP contribution in [0.15, 0.2) is 71.3 Å². The average molecular weight is 346 g/mol. The van der Waals surface area contributed by atoms with Crippen molar-refractivity contribution in [3.63, 3.8) is 0 Å². The van der Waals surface area contributed by atoms with Crippen LogP contribution in [0.4, 0.5) is 5.69 Å². The number of fused-ring (bicyclic) bond motifs is 1. The average Bonchev–Trinajstić information content (AvgIpc) is 3.33. The van der Waals surface area contributed by atoms with Crippen LogP contribution < -0.4 is 10.6 Å². The number of carbonyl (C=O) groups is 2. The van der Waals surface area contributed by atoms with Crippen LogP contribution in [0.3, 0.4) is 0 Å². The number of anilines is 1. The number of para-hydroxylation sites is 1. The molecule has 1 aliphatic carbocycles. The van der Waals surface area contributed by atoms with Crippen molar-refractivity contribution in [1.29, 1.82) is 0 Å². The third kappa shape index (κ3) is 3.11. The lowest BCUT2D eigenvalue weighted by Crippen LogP contribution is -2.28. The molecule has 1 heterocycles. The summed E-state index contributed by atoms with van der Waals surface area (Å²) < 4.78 is 5.10. The Balaban J connectivity index is 1.53. The highest BCUT2D eigenvalue weighted by Gasteiger charge is 2.25. The van der Waals surface area contributed by atoms with Gasteiger partial charge in [-0.1, -0.05) is 36.4 Å². The monoisotopic (exact) mass is 346 g/mol. The van der Waals surface area contributed by atoms with E-state index in [1.807, 2.05) is 12.1 Å². The van der Waals surface area contributed by atoms with E-state index in [1.54, 1.807) is 36.4 Å². The van der Waals surface area contributed by atoms with Crippen LogP contribution in [0.1, 0.15) is 44.5 Å². The minimum absolute atomic E-state index is 0.00692. The third-order valence-electron chi connectivity index (χ3n) is 4.60. The van der Waals surface area contributed by atoms with E-state index in [0.717, 1.165) is 18.4 Å². The largest absolute Gasteiger partial charge is 0.459 e. The number of carbonyl (C=O) groups excluding carboxylic acids is 2. The molecule has 0 spiro atoms. The van der Waals surface area contributed by atoms with Crippen molar-refractivity contribution in [2.24, 2.45) is 0 Å². The molecule has 2 N–H and O–H groups in total. The van der Waals surface area contributed by atoms with Gasteiger partial charge in [-0.2, -0.15) is 0 Å². The molecule has 2 amide bonds. The normalized spacial score (nSPS) is 15.3. The van der Waals surface area contributed by atoms with Crippen molar-refractivity contribution >= 4 is 17.5 Å². The molecule has 2 aromatic carbocycles. The maximum Gasteiger partial charge on any atom is 0.291 e. The van der Waals surface area contributed by atoms with E-state index < -0.39 is 0 Å². The van der Waals surface area contributed by atoms with Gasteiger partial charge in [0.05, 0.1) is 23.6 Å². The molecule has 0 radical (unpaired) electrons. The van der Waals surface area contributed by atoms with E-state index in [2.05, 4.69) is 22.8 Å². The topological polar surface area (TPSA) is 71.3 Å². The summed E-state index contributed by atoms with van der Waals surface area (Å²) in [6, 6.07) is 18.3. The number of aryl methyl sites for hydroxylation is 1. The Kier molecular flexibility index (Phi) is 4.27. The first kappa shape index (κ1) is 16.1. The van der Waals surface area contributed by atoms with Gasteiger partial charge in [-0.05, 0) is 48.2 Å². The molecule has 5 heteroatoms. The molecule has 5 nitrogen and oxygen atoms in total. The minimum Gasteiger partial charge on any atom is -0.459 e. The molecule has 1 unspecified atom stereocenters. The molecule has 1 aliphatic rings. The summed E-state index contributed by atoms with van der Waals surface area (Å²) >= 11 is 0. The summed E-state index contributed by atoms with van der Waals surface area (Å²) in [5.41, 5.74) is 3.32. The summed E-state index contributed by atoms with van der Waals surface area (Å²) in [4.78, 5) is 25.0. The molecule has 130 valence electrons. The zero-order valence-electron chi connectivity index (χ0n) is 14.1. The van der Waals surface area contributed by atoms with E-state index >= 15 is 0 Å². The first-order valence-electron chi connectivity index (χ1n) is 8.55. The number of benzene rings is 2. The number of amides is 2. The van der Waals surface area contributed by atoms with Gasteiger partial charge in [-0.25, -0.2) is 0 Å². The van der Waals surface area contributed by atoms with E-state index in [-0.39, 0.29) is 23.6 Å². The fourth-order valence-electron chi connectivity index (χ4n) is 3.32. The minimum atomic E-state index is -0.388. The smallest absolute Gasteiger partial charge is 0.291 e. The van der Waals surface area contributed by atoms with Gasteiger partial charge in [0.15, 0.2) is 5.76 Å². The number of hydrogen-bond acceptors (Lipinski definition) is 3. The standard InChI is InChI=1S/C21H18N2O3/c24-20(22-18-12-11-14-6-1-2-7-15(14)18)16-8-3-4-9-17(16)23-21(25)19-10-5-13-26-19/h1-10,13,18H,11-12H2,(H,22,24)(H,23,25). The van der Waals surface area contributed by atoms with E-state index in [0.29, 0.717) is 11.3 Å². The van der Waals surface area contributed by atoms with Crippen molar-refractivity contribution < 1.29 is 14.0 Å². The second kappa shape index (κ2) is 6.88. The van der Waals surface area contributed by atoms with Crippen molar-refractivity contribution in [2.75, 3.05) is 5.32 Å². The summed E-state index contributed by atoms with van der Waals surface area (Å²) in [6.07, 6.45) is 3.27. The first-order valence-corrected chi connectivity index (χ1v) is 8.55. The van der Waals surface area contributed by atoms with E-state index in [4.69, 9.17) is 4.42 Å². The first-order chi connectivity index (χ1) is 12.7. The second-order valence-electron chi connectivity index (χ2n) is 6.24. The van der Waals surface area contributed by atoms with Gasteiger partial charge in [-0.15, -0.1) is 0 Å². The van der Waals surface area contributed by atoms with Crippen LogP contribution >= 0.6 is 0 Å². The zero-order valence-corrected chi connectivity index (χ0v) is 14.1. The van der Waals surface area contributed by atoms with Gasteiger partial charge in [0.2, 0.25) is 0 Å². The van der Waals surface area contributed by atoms with Crippen LogP contribution in [0, 0.1) is 0 Å². The number of furan rings is 1. The number of rotatable bonds is 4. The van der Waals surface area contributed by atoms with Crippen molar-refractivity contribution in [1.82, 2.24) is 5.32 Å². The highest BCUT2D eigenvalue weighted by atomic mass is 16.3. The zero-order chi connectivity index (χ0) is 17.9. The van der Waals surface area contributed by atoms with Crippen molar-refractivity contribution in [2.45, 2.75) is 18.9 Å². The highest BCUT2D eigenvalue weighted by molar-refractivity contribution is 6.07. The Morgan fingerprint density at radius 3 is 2.58 bits per heavy atom. The summed E-state index contributed by atoms with van der Waals surface area (Å²) in [6.45, 7) is 0. The summed E-state index contributed by atoms with van der Waals surface area (Å²) in [5.74, 6) is -0.395. The lowest BCUT2D eigenvalue weighted by atomic mass is 10.1. The van der Waals surface area contributed by atoms with Gasteiger partial charge in [0, 0.05) is 0 Å². The van der Waals surface area contributed by atoms with Gasteiger partial charge in [0.1, 0.15) is 0 Å². The molecule has 0 bridgehead atoms. The van der Waals surface area contributed by atoms with Crippen molar-refractivity contribution in [3.8, 4) is 0 Å². The Labute approximate surface area is 151 Å². The predicted octanol–water partition coefficient (Wildman–Crippen LogP) is 3.95. The van der Waals surface area contributed by atoms with E-state index in [9.17, 15) is 9.59 Å². The fourth-order valence-corrected chi connectivity index (χ4v) is 3.32. The lowest BCUT2D eigenvalue weighted by molar-refractivity contribution is 0.0937. The van der Waals surface area contributed by atoms with Crippen LogP contribution in [0.2, 0.25) is 0 Å². The SMILES string of the molecule is O=C(Nc1ccccc1C(=O)NC1CCc2ccccc21)c1ccco1. The molecule has 1 aromatic heterocycles. The maximum absolute atomic E-state index is 12.8. The molecule has 0 saturated carbocycles. The number of nitrogens with one attached hydrogen (secondary N) is 2. The Morgan fingerprint density at radius 2 is 1.73 bits per heavy atom. The predicted molar refractivity (Wildman–Crippen MR) is 98.1 cm³/mol. The quantitative estimate of drug-likeness (QED) is 0.751. The Bertz CT molecular complexity index is 947. The summed E-state index contributed by atoms with van der Waals surface area (Å²) in [7, 11) is 0. The molecule has 3 aromatic rings. The molecular formula is C21H18N2O3. The van der Waals surface area contributed by atoms with Gasteiger partial charge in [-0.3, -0.25) is 9.59 Å². The number of hydrogen-bond donors (Lipinski definition) is 2. The molecule has 0 aliphatic heterocycles. The molecular weight excluding hydrogens is 328 g/mol. The van der Waals surface area contributed by atoms with Gasteiger partial charge < -0.3 is 15.1 Å². The molecule has 0 saturated heterocycles. The maximum atomic E-state index is 12.8. The van der Waals surface area contributed by atoms with E-state index in [1.165, 1.54) is 11.8 Å². The van der Waals surface area contributed by atoms with Crippen LogP contribution in [-0.4, -0.2) is 11.8 Å². The highest BCUT2D eigenvalue weighted by Crippen LogP contribution is 2.31. The van der Waals surface area contributed by atoms with Gasteiger partial charge >= 0.3 is 0 Å². The molecule has 4 rings (SSSR count). The second-order valence-corrected chi connectivity index (χ2v) is 6.24. The van der Waals surface area contributed by atoms with Crippen LogP contribution in [-0.2, 0) is 6.42 Å². The van der Waals surface area contributed by atoms with Crippen LogP contribution in [0.5, 0.6) is 0 Å². The Morgan fingerprint density at radius 1 is 0.923 bits per heavy atom. The fraction of sp³-hybridized carbons (Fsp3) is 0.143. The van der Waals surface area contributed by atoms with Crippen molar-refractivity contribution in [3.05, 3.63) is 89.4 Å². The molecule has 0 fully saturated rings. The lowest BCUT2D eigenvalue weighted by Gasteiger charge is -2.16. The van der Waals surface area contributed by atoms with Gasteiger partial charge in [0.25, 0.3) is 11.8 Å². The Hall–Kier alpha value is -3.34. The molecule has 1 atom stereocenters. The molecule has 26 heavy (non-hydrogen) atoms.